The van der Waals surface area contributed by atoms with Crippen LogP contribution in [0.25, 0.3) is 11.0 Å². The molecule has 3 rings (SSSR count). The Hall–Kier alpha value is -1.08. The van der Waals surface area contributed by atoms with Gasteiger partial charge in [0.05, 0.1) is 28.1 Å². The lowest BCUT2D eigenvalue weighted by Gasteiger charge is -2.36. The van der Waals surface area contributed by atoms with E-state index < -0.39 is 8.07 Å². The summed E-state index contributed by atoms with van der Waals surface area (Å²) in [5.41, 5.74) is 3.13. The van der Waals surface area contributed by atoms with Crippen molar-refractivity contribution in [1.82, 2.24) is 14.5 Å². The molecular weight excluding hydrogens is 364 g/mol. The number of imidazole rings is 1. The molecule has 0 bridgehead atoms. The molecule has 2 heterocycles. The SMILES string of the molecule is CCN1CCN(c2cc3c(cc2Cl)ncn3COCC[Si](C)(C)C)CC1. The molecule has 0 atom stereocenters. The molecule has 7 heteroatoms. The van der Waals surface area contributed by atoms with Gasteiger partial charge >= 0.3 is 0 Å². The molecule has 2 aromatic rings. The number of halogens is 1. The summed E-state index contributed by atoms with van der Waals surface area (Å²) >= 11 is 6.56. The van der Waals surface area contributed by atoms with E-state index in [1.807, 2.05) is 12.4 Å². The van der Waals surface area contributed by atoms with Gasteiger partial charge in [-0.15, -0.1) is 0 Å². The Morgan fingerprint density at radius 2 is 1.88 bits per heavy atom. The Morgan fingerprint density at radius 3 is 2.54 bits per heavy atom. The molecule has 0 unspecified atom stereocenters. The van der Waals surface area contributed by atoms with E-state index in [0.717, 1.165) is 61.1 Å². The van der Waals surface area contributed by atoms with Gasteiger partial charge in [-0.3, -0.25) is 0 Å². The fraction of sp³-hybridized carbons (Fsp3) is 0.632. The van der Waals surface area contributed by atoms with Crippen molar-refractivity contribution >= 4 is 36.4 Å². The lowest BCUT2D eigenvalue weighted by atomic mass is 10.2. The third-order valence-corrected chi connectivity index (χ3v) is 7.08. The summed E-state index contributed by atoms with van der Waals surface area (Å²) in [6.45, 7) is 16.0. The second-order valence-corrected chi connectivity index (χ2v) is 14.3. The molecule has 0 spiro atoms. The minimum absolute atomic E-state index is 0.547. The number of ether oxygens (including phenoxy) is 1. The van der Waals surface area contributed by atoms with E-state index in [4.69, 9.17) is 16.3 Å². The zero-order chi connectivity index (χ0) is 18.7. The van der Waals surface area contributed by atoms with Crippen LogP contribution in [0.1, 0.15) is 6.92 Å². The first-order valence-corrected chi connectivity index (χ1v) is 13.7. The fourth-order valence-corrected chi connectivity index (χ4v) is 4.29. The monoisotopic (exact) mass is 394 g/mol. The van der Waals surface area contributed by atoms with Crippen LogP contribution in [-0.4, -0.2) is 61.9 Å². The van der Waals surface area contributed by atoms with Crippen molar-refractivity contribution in [2.24, 2.45) is 0 Å². The van der Waals surface area contributed by atoms with Crippen molar-refractivity contribution in [1.29, 1.82) is 0 Å². The van der Waals surface area contributed by atoms with Crippen LogP contribution in [-0.2, 0) is 11.5 Å². The van der Waals surface area contributed by atoms with Gasteiger partial charge in [-0.2, -0.15) is 0 Å². The van der Waals surface area contributed by atoms with Gasteiger partial charge in [-0.25, -0.2) is 4.98 Å². The van der Waals surface area contributed by atoms with Crippen molar-refractivity contribution in [3.8, 4) is 0 Å². The standard InChI is InChI=1S/C19H31ClN4OSi/c1-5-22-6-8-23(9-7-22)18-13-19-17(12-16(18)20)21-14-24(19)15-25-10-11-26(2,3)4/h12-14H,5-11,15H2,1-4H3. The topological polar surface area (TPSA) is 33.5 Å². The average Bonchev–Trinajstić information content (AvgIpc) is 2.99. The van der Waals surface area contributed by atoms with Crippen LogP contribution < -0.4 is 4.90 Å². The Morgan fingerprint density at radius 1 is 1.15 bits per heavy atom. The minimum Gasteiger partial charge on any atom is -0.368 e. The molecule has 144 valence electrons. The zero-order valence-corrected chi connectivity index (χ0v) is 18.2. The lowest BCUT2D eigenvalue weighted by Crippen LogP contribution is -2.46. The average molecular weight is 395 g/mol. The van der Waals surface area contributed by atoms with E-state index in [9.17, 15) is 0 Å². The number of rotatable bonds is 7. The van der Waals surface area contributed by atoms with Crippen molar-refractivity contribution in [3.05, 3.63) is 23.5 Å². The number of piperazine rings is 1. The van der Waals surface area contributed by atoms with Gasteiger partial charge in [-0.05, 0) is 24.7 Å². The summed E-state index contributed by atoms with van der Waals surface area (Å²) in [5, 5.41) is 0.785. The van der Waals surface area contributed by atoms with Gasteiger partial charge in [0, 0.05) is 40.9 Å². The summed E-state index contributed by atoms with van der Waals surface area (Å²) in [7, 11) is -1.06. The van der Waals surface area contributed by atoms with Gasteiger partial charge in [0.1, 0.15) is 6.73 Å². The molecule has 1 fully saturated rings. The molecule has 0 aliphatic carbocycles. The molecular formula is C19H31ClN4OSi. The smallest absolute Gasteiger partial charge is 0.124 e. The number of hydrogen-bond acceptors (Lipinski definition) is 4. The van der Waals surface area contributed by atoms with Gasteiger partial charge in [0.15, 0.2) is 0 Å². The molecule has 1 aromatic carbocycles. The highest BCUT2D eigenvalue weighted by molar-refractivity contribution is 6.76. The zero-order valence-electron chi connectivity index (χ0n) is 16.5. The van der Waals surface area contributed by atoms with Crippen molar-refractivity contribution < 1.29 is 4.74 Å². The van der Waals surface area contributed by atoms with E-state index >= 15 is 0 Å². The Balaban J connectivity index is 1.72. The highest BCUT2D eigenvalue weighted by Crippen LogP contribution is 2.31. The Labute approximate surface area is 162 Å². The summed E-state index contributed by atoms with van der Waals surface area (Å²) in [6.07, 6.45) is 1.86. The third kappa shape index (κ3) is 4.79. The van der Waals surface area contributed by atoms with E-state index in [2.05, 4.69) is 52.0 Å². The van der Waals surface area contributed by atoms with Crippen molar-refractivity contribution in [2.75, 3.05) is 44.2 Å². The number of nitrogens with zero attached hydrogens (tertiary/aromatic N) is 4. The molecule has 1 saturated heterocycles. The number of likely N-dealkylation sites (N-methyl/N-ethyl adjacent to an activating group) is 1. The summed E-state index contributed by atoms with van der Waals surface area (Å²) in [5.74, 6) is 0. The van der Waals surface area contributed by atoms with Crippen molar-refractivity contribution in [2.45, 2.75) is 39.3 Å². The van der Waals surface area contributed by atoms with Gasteiger partial charge in [0.25, 0.3) is 0 Å². The maximum atomic E-state index is 6.56. The molecule has 0 saturated carbocycles. The second-order valence-electron chi connectivity index (χ2n) is 8.28. The number of benzene rings is 1. The van der Waals surface area contributed by atoms with Crippen LogP contribution in [0.5, 0.6) is 0 Å². The Bertz CT molecular complexity index is 735. The summed E-state index contributed by atoms with van der Waals surface area (Å²) in [4.78, 5) is 9.36. The van der Waals surface area contributed by atoms with Crippen LogP contribution in [0, 0.1) is 0 Å². The van der Waals surface area contributed by atoms with Gasteiger partial charge < -0.3 is 19.1 Å². The maximum Gasteiger partial charge on any atom is 0.124 e. The predicted octanol–water partition coefficient (Wildman–Crippen LogP) is 4.14. The molecule has 1 aliphatic heterocycles. The molecule has 1 aromatic heterocycles. The predicted molar refractivity (Wildman–Crippen MR) is 113 cm³/mol. The van der Waals surface area contributed by atoms with Gasteiger partial charge in [0.2, 0.25) is 0 Å². The normalized spacial score (nSPS) is 16.6. The third-order valence-electron chi connectivity index (χ3n) is 5.08. The number of hydrogen-bond donors (Lipinski definition) is 0. The van der Waals surface area contributed by atoms with Crippen LogP contribution in [0.15, 0.2) is 18.5 Å². The first kappa shape index (κ1) is 19.7. The van der Waals surface area contributed by atoms with Crippen LogP contribution in [0.2, 0.25) is 30.7 Å². The maximum absolute atomic E-state index is 6.56. The van der Waals surface area contributed by atoms with Crippen LogP contribution >= 0.6 is 11.6 Å². The van der Waals surface area contributed by atoms with Crippen molar-refractivity contribution in [3.63, 3.8) is 0 Å². The van der Waals surface area contributed by atoms with E-state index in [1.165, 1.54) is 6.04 Å². The quantitative estimate of drug-likeness (QED) is 0.522. The largest absolute Gasteiger partial charge is 0.368 e. The van der Waals surface area contributed by atoms with E-state index in [1.54, 1.807) is 0 Å². The fourth-order valence-electron chi connectivity index (χ4n) is 3.26. The van der Waals surface area contributed by atoms with Crippen LogP contribution in [0.4, 0.5) is 5.69 Å². The highest BCUT2D eigenvalue weighted by atomic mass is 35.5. The first-order valence-electron chi connectivity index (χ1n) is 9.57. The van der Waals surface area contributed by atoms with Gasteiger partial charge in [-0.1, -0.05) is 38.2 Å². The summed E-state index contributed by atoms with van der Waals surface area (Å²) < 4.78 is 8.00. The molecule has 0 radical (unpaired) electrons. The number of aromatic nitrogens is 2. The van der Waals surface area contributed by atoms with E-state index in [0.29, 0.717) is 6.73 Å². The van der Waals surface area contributed by atoms with E-state index in [-0.39, 0.29) is 0 Å². The Kier molecular flexibility index (Phi) is 6.28. The molecule has 1 aliphatic rings. The summed E-state index contributed by atoms with van der Waals surface area (Å²) in [6, 6.07) is 5.34. The number of fused-ring (bicyclic) bond motifs is 1. The molecule has 5 nitrogen and oxygen atoms in total. The first-order chi connectivity index (χ1) is 12.4. The second kappa shape index (κ2) is 8.29. The highest BCUT2D eigenvalue weighted by Gasteiger charge is 2.19. The van der Waals surface area contributed by atoms with Crippen LogP contribution in [0.3, 0.4) is 0 Å². The molecule has 0 N–H and O–H groups in total. The number of anilines is 1. The lowest BCUT2D eigenvalue weighted by molar-refractivity contribution is 0.0898. The minimum atomic E-state index is -1.06. The molecule has 0 amide bonds. The molecule has 26 heavy (non-hydrogen) atoms.